The second-order valence-electron chi connectivity index (χ2n) is 18.9. The van der Waals surface area contributed by atoms with Crippen LogP contribution in [-0.2, 0) is 38.7 Å². The molecule has 0 aromatic heterocycles. The lowest BCUT2D eigenvalue weighted by Gasteiger charge is -2.40. The molecule has 1 fully saturated rings. The van der Waals surface area contributed by atoms with Crippen LogP contribution in [0.2, 0.25) is 0 Å². The van der Waals surface area contributed by atoms with Gasteiger partial charge in [-0.15, -0.1) is 0 Å². The summed E-state index contributed by atoms with van der Waals surface area (Å²) in [6.07, 6.45) is 40.7. The van der Waals surface area contributed by atoms with Crippen LogP contribution < -0.4 is 0 Å². The predicted octanol–water partition coefficient (Wildman–Crippen LogP) is 12.3. The van der Waals surface area contributed by atoms with E-state index in [0.29, 0.717) is 12.8 Å². The summed E-state index contributed by atoms with van der Waals surface area (Å²) < 4.78 is 54.3. The van der Waals surface area contributed by atoms with Crippen LogP contribution in [0.15, 0.2) is 24.3 Å². The maximum Gasteiger partial charge on any atom is 0.306 e. The van der Waals surface area contributed by atoms with Gasteiger partial charge in [0, 0.05) is 12.8 Å². The van der Waals surface area contributed by atoms with E-state index < -0.39 is 71.2 Å². The van der Waals surface area contributed by atoms with Crippen molar-refractivity contribution in [3.8, 4) is 0 Å². The maximum absolute atomic E-state index is 12.9. The van der Waals surface area contributed by atoms with Gasteiger partial charge in [0.1, 0.15) is 36.8 Å². The van der Waals surface area contributed by atoms with Crippen LogP contribution in [-0.4, -0.2) is 96.0 Å². The van der Waals surface area contributed by atoms with Crippen LogP contribution >= 0.6 is 0 Å². The first kappa shape index (κ1) is 62.1. The molecule has 0 spiro atoms. The highest BCUT2D eigenvalue weighted by molar-refractivity contribution is 7.85. The Balaban J connectivity index is 2.35. The number of ether oxygens (including phenoxy) is 4. The highest BCUT2D eigenvalue weighted by Gasteiger charge is 2.46. The van der Waals surface area contributed by atoms with Crippen molar-refractivity contribution in [2.24, 2.45) is 0 Å². The van der Waals surface area contributed by atoms with Crippen molar-refractivity contribution in [2.75, 3.05) is 19.0 Å². The minimum absolute atomic E-state index is 0.164. The summed E-state index contributed by atoms with van der Waals surface area (Å²) in [5.41, 5.74) is 0. The molecule has 0 saturated carbocycles. The van der Waals surface area contributed by atoms with Crippen molar-refractivity contribution in [3.05, 3.63) is 24.3 Å². The Bertz CT molecular complexity index is 1310. The van der Waals surface area contributed by atoms with Crippen molar-refractivity contribution in [1.29, 1.82) is 0 Å². The third kappa shape index (κ3) is 37.1. The highest BCUT2D eigenvalue weighted by Crippen LogP contribution is 2.24. The summed E-state index contributed by atoms with van der Waals surface area (Å²) in [6, 6.07) is 0. The third-order valence-corrected chi connectivity index (χ3v) is 13.3. The second kappa shape index (κ2) is 43.2. The van der Waals surface area contributed by atoms with E-state index in [9.17, 15) is 37.9 Å². The Morgan fingerprint density at radius 2 is 0.864 bits per heavy atom. The van der Waals surface area contributed by atoms with E-state index in [-0.39, 0.29) is 19.4 Å². The number of aliphatic hydroxyl groups excluding tert-OH is 3. The minimum atomic E-state index is -4.60. The van der Waals surface area contributed by atoms with Gasteiger partial charge in [-0.1, -0.05) is 192 Å². The fraction of sp³-hybridized carbons (Fsp3) is 0.887. The van der Waals surface area contributed by atoms with Gasteiger partial charge in [-0.2, -0.15) is 8.42 Å². The van der Waals surface area contributed by atoms with Gasteiger partial charge in [0.2, 0.25) is 0 Å². The third-order valence-electron chi connectivity index (χ3n) is 12.5. The van der Waals surface area contributed by atoms with Gasteiger partial charge in [-0.3, -0.25) is 14.1 Å². The van der Waals surface area contributed by atoms with Gasteiger partial charge in [0.25, 0.3) is 10.1 Å². The van der Waals surface area contributed by atoms with Crippen molar-refractivity contribution < 1.29 is 56.8 Å². The van der Waals surface area contributed by atoms with Gasteiger partial charge in [0.15, 0.2) is 12.4 Å². The van der Waals surface area contributed by atoms with Crippen molar-refractivity contribution >= 4 is 22.1 Å². The standard InChI is InChI=1S/C53H98O12S/c1-3-5-7-9-11-13-15-17-19-21-22-23-24-26-28-30-32-34-36-38-40-42-49(55)64-46(44-63-53-52(58)51(57)50(56)47(65-53)45-66(59,60)61)43-62-48(54)41-39-37-35-33-31-29-27-25-20-18-16-14-12-10-8-6-4-2/h18,20-22,46-47,50-53,56-58H,3-17,19,23-45H2,1-2H3,(H,59,60,61)/b20-18-,22-21-. The first-order valence-corrected chi connectivity index (χ1v) is 28.5. The number of unbranched alkanes of at least 4 members (excludes halogenated alkanes) is 30. The molecule has 0 amide bonds. The van der Waals surface area contributed by atoms with E-state index in [4.69, 9.17) is 18.9 Å². The molecule has 1 aliphatic heterocycles. The molecular weight excluding hydrogens is 861 g/mol. The van der Waals surface area contributed by atoms with Crippen LogP contribution in [0.4, 0.5) is 0 Å². The van der Waals surface area contributed by atoms with E-state index in [0.717, 1.165) is 44.9 Å². The van der Waals surface area contributed by atoms with Gasteiger partial charge in [0.05, 0.1) is 6.61 Å². The van der Waals surface area contributed by atoms with Gasteiger partial charge < -0.3 is 34.3 Å². The average Bonchev–Trinajstić information content (AvgIpc) is 3.28. The van der Waals surface area contributed by atoms with Crippen LogP contribution in [0.3, 0.4) is 0 Å². The minimum Gasteiger partial charge on any atom is -0.462 e. The van der Waals surface area contributed by atoms with Crippen LogP contribution in [0.25, 0.3) is 0 Å². The molecule has 1 saturated heterocycles. The Kier molecular flexibility index (Phi) is 40.7. The Hall–Kier alpha value is -1.87. The van der Waals surface area contributed by atoms with E-state index in [1.54, 1.807) is 0 Å². The number of hydrogen-bond donors (Lipinski definition) is 4. The zero-order valence-electron chi connectivity index (χ0n) is 41.8. The lowest BCUT2D eigenvalue weighted by atomic mass is 10.00. The monoisotopic (exact) mass is 959 g/mol. The normalized spacial score (nSPS) is 19.5. The summed E-state index contributed by atoms with van der Waals surface area (Å²) in [5, 5.41) is 31.0. The van der Waals surface area contributed by atoms with E-state index in [1.165, 1.54) is 161 Å². The summed E-state index contributed by atoms with van der Waals surface area (Å²) in [4.78, 5) is 25.6. The molecule has 1 rings (SSSR count). The molecule has 13 heteroatoms. The molecule has 0 radical (unpaired) electrons. The molecular formula is C53H98O12S. The predicted molar refractivity (Wildman–Crippen MR) is 266 cm³/mol. The van der Waals surface area contributed by atoms with Crippen LogP contribution in [0.5, 0.6) is 0 Å². The molecule has 66 heavy (non-hydrogen) atoms. The largest absolute Gasteiger partial charge is 0.462 e. The van der Waals surface area contributed by atoms with Crippen LogP contribution in [0, 0.1) is 0 Å². The summed E-state index contributed by atoms with van der Waals surface area (Å²) in [6.45, 7) is 3.79. The lowest BCUT2D eigenvalue weighted by Crippen LogP contribution is -2.60. The van der Waals surface area contributed by atoms with E-state index >= 15 is 0 Å². The number of hydrogen-bond acceptors (Lipinski definition) is 11. The topological polar surface area (TPSA) is 186 Å². The molecule has 6 unspecified atom stereocenters. The second-order valence-corrected chi connectivity index (χ2v) is 20.4. The molecule has 1 aliphatic rings. The molecule has 0 aliphatic carbocycles. The zero-order chi connectivity index (χ0) is 48.4. The molecule has 0 bridgehead atoms. The first-order valence-electron chi connectivity index (χ1n) is 26.9. The number of carbonyl (C=O) groups is 2. The highest BCUT2D eigenvalue weighted by atomic mass is 32.2. The zero-order valence-corrected chi connectivity index (χ0v) is 42.6. The number of allylic oxidation sites excluding steroid dienone is 4. The first-order chi connectivity index (χ1) is 32.0. The molecule has 388 valence electrons. The molecule has 0 aromatic carbocycles. The Morgan fingerprint density at radius 1 is 0.500 bits per heavy atom. The van der Waals surface area contributed by atoms with E-state index in [1.807, 2.05) is 0 Å². The van der Waals surface area contributed by atoms with E-state index in [2.05, 4.69) is 38.2 Å². The fourth-order valence-corrected chi connectivity index (χ4v) is 9.01. The molecule has 6 atom stereocenters. The summed E-state index contributed by atoms with van der Waals surface area (Å²) in [7, 11) is -4.60. The summed E-state index contributed by atoms with van der Waals surface area (Å²) >= 11 is 0. The van der Waals surface area contributed by atoms with Gasteiger partial charge in [-0.05, 0) is 64.2 Å². The molecule has 12 nitrogen and oxygen atoms in total. The Labute approximate surface area is 402 Å². The lowest BCUT2D eigenvalue weighted by molar-refractivity contribution is -0.297. The van der Waals surface area contributed by atoms with Crippen molar-refractivity contribution in [3.63, 3.8) is 0 Å². The number of carbonyl (C=O) groups excluding carboxylic acids is 2. The quantitative estimate of drug-likeness (QED) is 0.0196. The van der Waals surface area contributed by atoms with Gasteiger partial charge >= 0.3 is 11.9 Å². The fourth-order valence-electron chi connectivity index (χ4n) is 8.32. The number of esters is 2. The van der Waals surface area contributed by atoms with Gasteiger partial charge in [-0.25, -0.2) is 0 Å². The smallest absolute Gasteiger partial charge is 0.306 e. The maximum atomic E-state index is 12.9. The summed E-state index contributed by atoms with van der Waals surface area (Å²) in [5.74, 6) is -1.98. The SMILES string of the molecule is CCCCCCCC/C=C\CCCCCCCCCC(=O)OCC(COC1OC(CS(=O)(=O)O)C(O)C(O)C1O)OC(=O)CCCCCCCCCCC/C=C\CCCCCCCCCC. The number of rotatable bonds is 46. The Morgan fingerprint density at radius 3 is 1.26 bits per heavy atom. The van der Waals surface area contributed by atoms with Crippen molar-refractivity contribution in [1.82, 2.24) is 0 Å². The molecule has 4 N–H and O–H groups in total. The molecule has 0 aromatic rings. The molecule has 1 heterocycles. The van der Waals surface area contributed by atoms with Crippen LogP contribution in [0.1, 0.15) is 245 Å². The average molecular weight is 959 g/mol. The number of aliphatic hydroxyl groups is 3. The van der Waals surface area contributed by atoms with Crippen molar-refractivity contribution in [2.45, 2.75) is 282 Å².